The van der Waals surface area contributed by atoms with Crippen LogP contribution < -0.4 is 11.5 Å². The fourth-order valence-electron chi connectivity index (χ4n) is 0.650. The lowest BCUT2D eigenvalue weighted by Gasteiger charge is -2.00. The van der Waals surface area contributed by atoms with Gasteiger partial charge < -0.3 is 11.5 Å². The van der Waals surface area contributed by atoms with E-state index in [1.165, 1.54) is 0 Å². The average Bonchev–Trinajstić information content (AvgIpc) is 2.07. The first-order chi connectivity index (χ1) is 5.74. The van der Waals surface area contributed by atoms with E-state index in [0.717, 1.165) is 12.2 Å². The smallest absolute Gasteiger partial charge is 0.189 e. The van der Waals surface area contributed by atoms with Crippen LogP contribution in [0.5, 0.6) is 0 Å². The molecule has 0 aliphatic carbocycles. The van der Waals surface area contributed by atoms with E-state index in [0.29, 0.717) is 16.7 Å². The van der Waals surface area contributed by atoms with E-state index in [4.69, 9.17) is 11.5 Å². The summed E-state index contributed by atoms with van der Waals surface area (Å²) in [5.74, 6) is 1.37. The monoisotopic (exact) mass is 184 g/mol. The van der Waals surface area contributed by atoms with Crippen LogP contribution >= 0.6 is 11.8 Å². The highest BCUT2D eigenvalue weighted by Crippen LogP contribution is 2.17. The molecule has 12 heavy (non-hydrogen) atoms. The molecule has 0 atom stereocenters. The van der Waals surface area contributed by atoms with Gasteiger partial charge in [-0.1, -0.05) is 18.7 Å². The summed E-state index contributed by atoms with van der Waals surface area (Å²) in [5, 5.41) is 0.698. The summed E-state index contributed by atoms with van der Waals surface area (Å²) < 4.78 is 0. The number of hydrogen-bond acceptors (Lipinski definition) is 5. The molecule has 1 heterocycles. The van der Waals surface area contributed by atoms with Gasteiger partial charge in [-0.05, 0) is 6.42 Å². The molecular weight excluding hydrogens is 172 g/mol. The molecule has 0 aliphatic heterocycles. The van der Waals surface area contributed by atoms with Crippen molar-refractivity contribution in [2.45, 2.75) is 18.5 Å². The number of anilines is 2. The zero-order valence-electron chi connectivity index (χ0n) is 6.95. The lowest BCUT2D eigenvalue weighted by atomic mass is 10.5. The molecule has 0 amide bonds. The van der Waals surface area contributed by atoms with Crippen LogP contribution in [0.4, 0.5) is 11.5 Å². The lowest BCUT2D eigenvalue weighted by molar-refractivity contribution is 0.973. The van der Waals surface area contributed by atoms with Crippen molar-refractivity contribution in [1.29, 1.82) is 0 Å². The molecule has 0 fully saturated rings. The van der Waals surface area contributed by atoms with Crippen LogP contribution in [0.1, 0.15) is 13.3 Å². The Kier molecular flexibility index (Phi) is 3.16. The normalized spacial score (nSPS) is 10.1. The molecule has 0 aliphatic rings. The van der Waals surface area contributed by atoms with Crippen molar-refractivity contribution in [2.75, 3.05) is 17.2 Å². The van der Waals surface area contributed by atoms with Crippen molar-refractivity contribution in [2.24, 2.45) is 0 Å². The molecule has 0 saturated carbocycles. The first-order valence-corrected chi connectivity index (χ1v) is 4.73. The van der Waals surface area contributed by atoms with E-state index in [1.807, 2.05) is 0 Å². The van der Waals surface area contributed by atoms with Crippen LogP contribution in [0.15, 0.2) is 11.4 Å². The van der Waals surface area contributed by atoms with Gasteiger partial charge in [0.2, 0.25) is 0 Å². The van der Waals surface area contributed by atoms with Crippen LogP contribution in [0, 0.1) is 0 Å². The maximum Gasteiger partial charge on any atom is 0.189 e. The number of thioether (sulfide) groups is 1. The second-order valence-corrected chi connectivity index (χ2v) is 3.40. The van der Waals surface area contributed by atoms with Crippen LogP contribution in [0.2, 0.25) is 0 Å². The van der Waals surface area contributed by atoms with Crippen molar-refractivity contribution in [3.63, 3.8) is 0 Å². The largest absolute Gasteiger partial charge is 0.394 e. The first kappa shape index (κ1) is 9.12. The molecule has 0 aromatic carbocycles. The van der Waals surface area contributed by atoms with Crippen LogP contribution in [0.3, 0.4) is 0 Å². The second kappa shape index (κ2) is 4.15. The van der Waals surface area contributed by atoms with E-state index in [2.05, 4.69) is 16.9 Å². The van der Waals surface area contributed by atoms with Crippen molar-refractivity contribution in [3.05, 3.63) is 6.20 Å². The molecule has 1 aromatic rings. The molecule has 5 heteroatoms. The van der Waals surface area contributed by atoms with Gasteiger partial charge in [-0.3, -0.25) is 0 Å². The van der Waals surface area contributed by atoms with Gasteiger partial charge in [0.05, 0.1) is 11.9 Å². The Balaban J connectivity index is 2.69. The van der Waals surface area contributed by atoms with E-state index >= 15 is 0 Å². The van der Waals surface area contributed by atoms with Gasteiger partial charge in [0, 0.05) is 5.75 Å². The van der Waals surface area contributed by atoms with E-state index in [1.54, 1.807) is 18.0 Å². The Morgan fingerprint density at radius 2 is 2.25 bits per heavy atom. The van der Waals surface area contributed by atoms with Gasteiger partial charge in [0.1, 0.15) is 0 Å². The van der Waals surface area contributed by atoms with Gasteiger partial charge in [0.15, 0.2) is 11.0 Å². The van der Waals surface area contributed by atoms with Crippen molar-refractivity contribution >= 4 is 23.3 Å². The third-order valence-corrected chi connectivity index (χ3v) is 2.33. The molecule has 66 valence electrons. The topological polar surface area (TPSA) is 77.8 Å². The van der Waals surface area contributed by atoms with Gasteiger partial charge in [-0.2, -0.15) is 0 Å². The van der Waals surface area contributed by atoms with Gasteiger partial charge in [-0.25, -0.2) is 9.97 Å². The Hall–Kier alpha value is -0.970. The lowest BCUT2D eigenvalue weighted by Crippen LogP contribution is -2.00. The summed E-state index contributed by atoms with van der Waals surface area (Å²) >= 11 is 1.59. The Morgan fingerprint density at radius 1 is 1.50 bits per heavy atom. The summed E-state index contributed by atoms with van der Waals surface area (Å²) in [6.07, 6.45) is 2.64. The van der Waals surface area contributed by atoms with E-state index in [-0.39, 0.29) is 0 Å². The average molecular weight is 184 g/mol. The van der Waals surface area contributed by atoms with Gasteiger partial charge >= 0.3 is 0 Å². The van der Waals surface area contributed by atoms with Gasteiger partial charge in [-0.15, -0.1) is 0 Å². The standard InChI is InChI=1S/C7H12N4S/c1-2-3-12-7-10-4-5(8)6(9)11-7/h4H,2-3,8H2,1H3,(H2,9,10,11). The summed E-state index contributed by atoms with van der Waals surface area (Å²) in [6, 6.07) is 0. The number of hydrogen-bond donors (Lipinski definition) is 2. The minimum Gasteiger partial charge on any atom is -0.394 e. The minimum atomic E-state index is 0.364. The third-order valence-electron chi connectivity index (χ3n) is 1.26. The Labute approximate surface area is 75.8 Å². The summed E-state index contributed by atoms with van der Waals surface area (Å²) in [5.41, 5.74) is 11.4. The van der Waals surface area contributed by atoms with Gasteiger partial charge in [0.25, 0.3) is 0 Å². The highest BCUT2D eigenvalue weighted by Gasteiger charge is 1.99. The van der Waals surface area contributed by atoms with Crippen LogP contribution in [-0.4, -0.2) is 15.7 Å². The summed E-state index contributed by atoms with van der Waals surface area (Å²) in [6.45, 7) is 2.10. The van der Waals surface area contributed by atoms with E-state index in [9.17, 15) is 0 Å². The number of nitrogens with zero attached hydrogens (tertiary/aromatic N) is 2. The first-order valence-electron chi connectivity index (χ1n) is 3.74. The molecule has 4 nitrogen and oxygen atoms in total. The predicted molar refractivity (Wildman–Crippen MR) is 51.9 cm³/mol. The molecular formula is C7H12N4S. The molecule has 4 N–H and O–H groups in total. The molecule has 0 unspecified atom stereocenters. The second-order valence-electron chi connectivity index (χ2n) is 2.34. The molecule has 1 aromatic heterocycles. The maximum absolute atomic E-state index is 5.50. The zero-order valence-corrected chi connectivity index (χ0v) is 7.77. The third kappa shape index (κ3) is 2.27. The molecule has 1 rings (SSSR count). The number of rotatable bonds is 3. The van der Waals surface area contributed by atoms with E-state index < -0.39 is 0 Å². The van der Waals surface area contributed by atoms with Crippen molar-refractivity contribution in [1.82, 2.24) is 9.97 Å². The fourth-order valence-corrected chi connectivity index (χ4v) is 1.33. The number of nitrogens with two attached hydrogens (primary N) is 2. The highest BCUT2D eigenvalue weighted by molar-refractivity contribution is 7.99. The molecule has 0 spiro atoms. The summed E-state index contributed by atoms with van der Waals surface area (Å²) in [4.78, 5) is 8.04. The molecule has 0 radical (unpaired) electrons. The number of nitrogen functional groups attached to an aromatic ring is 2. The van der Waals surface area contributed by atoms with Crippen LogP contribution in [0.25, 0.3) is 0 Å². The molecule has 0 bridgehead atoms. The SMILES string of the molecule is CCCSc1ncc(N)c(N)n1. The minimum absolute atomic E-state index is 0.364. The quantitative estimate of drug-likeness (QED) is 0.544. The van der Waals surface area contributed by atoms with Crippen molar-refractivity contribution in [3.8, 4) is 0 Å². The van der Waals surface area contributed by atoms with Crippen LogP contribution in [-0.2, 0) is 0 Å². The maximum atomic E-state index is 5.50. The zero-order chi connectivity index (χ0) is 8.97. The fraction of sp³-hybridized carbons (Fsp3) is 0.429. The Morgan fingerprint density at radius 3 is 2.83 bits per heavy atom. The van der Waals surface area contributed by atoms with Crippen molar-refractivity contribution < 1.29 is 0 Å². The Bertz CT molecular complexity index is 264. The predicted octanol–water partition coefficient (Wildman–Crippen LogP) is 1.14. The number of aromatic nitrogens is 2. The summed E-state index contributed by atoms with van der Waals surface area (Å²) in [7, 11) is 0. The molecule has 0 saturated heterocycles. The highest BCUT2D eigenvalue weighted by atomic mass is 32.2.